The lowest BCUT2D eigenvalue weighted by atomic mass is 9.93. The van der Waals surface area contributed by atoms with Crippen LogP contribution in [0.3, 0.4) is 0 Å². The number of aliphatic hydroxyl groups excluding tert-OH is 1. The van der Waals surface area contributed by atoms with Gasteiger partial charge in [-0.1, -0.05) is 64.2 Å². The lowest BCUT2D eigenvalue weighted by Crippen LogP contribution is -2.50. The van der Waals surface area contributed by atoms with E-state index in [4.69, 9.17) is 4.74 Å². The fraction of sp³-hybridized carbons (Fsp3) is 0.955. The Morgan fingerprint density at radius 3 is 2.04 bits per heavy atom. The second kappa shape index (κ2) is 14.4. The molecule has 1 fully saturated rings. The molecule has 0 bridgehead atoms. The van der Waals surface area contributed by atoms with E-state index in [2.05, 4.69) is 12.2 Å². The van der Waals surface area contributed by atoms with Crippen LogP contribution >= 0.6 is 0 Å². The molecule has 26 heavy (non-hydrogen) atoms. The molecule has 154 valence electrons. The fourth-order valence-electron chi connectivity index (χ4n) is 4.02. The summed E-state index contributed by atoms with van der Waals surface area (Å²) < 4.78 is 5.36. The molecule has 1 aliphatic heterocycles. The maximum absolute atomic E-state index is 11.1. The van der Waals surface area contributed by atoms with Crippen molar-refractivity contribution in [1.29, 1.82) is 0 Å². The van der Waals surface area contributed by atoms with Gasteiger partial charge in [0.05, 0.1) is 6.10 Å². The van der Waals surface area contributed by atoms with Gasteiger partial charge >= 0.3 is 5.97 Å². The van der Waals surface area contributed by atoms with Crippen LogP contribution in [-0.4, -0.2) is 35.4 Å². The molecule has 1 saturated heterocycles. The topological polar surface area (TPSA) is 58.6 Å². The van der Waals surface area contributed by atoms with E-state index in [9.17, 15) is 9.90 Å². The predicted molar refractivity (Wildman–Crippen MR) is 108 cm³/mol. The van der Waals surface area contributed by atoms with E-state index in [1.54, 1.807) is 0 Å². The van der Waals surface area contributed by atoms with Crippen LogP contribution < -0.4 is 5.32 Å². The molecule has 0 aromatic heterocycles. The van der Waals surface area contributed by atoms with Crippen molar-refractivity contribution in [2.45, 2.75) is 135 Å². The molecule has 1 heterocycles. The molecule has 2 N–H and O–H groups in total. The van der Waals surface area contributed by atoms with Crippen LogP contribution in [0.5, 0.6) is 0 Å². The van der Waals surface area contributed by atoms with Crippen LogP contribution in [0.25, 0.3) is 0 Å². The molecular weight excluding hydrogens is 326 g/mol. The monoisotopic (exact) mass is 369 g/mol. The fourth-order valence-corrected chi connectivity index (χ4v) is 4.02. The Bertz CT molecular complexity index is 359. The van der Waals surface area contributed by atoms with E-state index in [0.29, 0.717) is 6.04 Å². The van der Waals surface area contributed by atoms with Crippen LogP contribution in [0.1, 0.15) is 111 Å². The number of carbonyl (C=O) groups excluding carboxylic acids is 1. The van der Waals surface area contributed by atoms with Gasteiger partial charge in [-0.25, -0.2) is 0 Å². The number of ether oxygens (including phenoxy) is 1. The summed E-state index contributed by atoms with van der Waals surface area (Å²) in [6, 6.07) is 0.872. The summed E-state index contributed by atoms with van der Waals surface area (Å²) in [6.07, 6.45) is 17.5. The largest absolute Gasteiger partial charge is 0.461 e. The van der Waals surface area contributed by atoms with Gasteiger partial charge in [-0.15, -0.1) is 0 Å². The number of aliphatic hydroxyl groups is 1. The molecule has 1 aliphatic rings. The molecule has 0 amide bonds. The van der Waals surface area contributed by atoms with Gasteiger partial charge in [0, 0.05) is 19.0 Å². The van der Waals surface area contributed by atoms with Gasteiger partial charge in [-0.2, -0.15) is 0 Å². The third kappa shape index (κ3) is 11.9. The van der Waals surface area contributed by atoms with Crippen molar-refractivity contribution in [2.75, 3.05) is 0 Å². The maximum atomic E-state index is 11.1. The average molecular weight is 370 g/mol. The van der Waals surface area contributed by atoms with E-state index >= 15 is 0 Å². The van der Waals surface area contributed by atoms with Crippen molar-refractivity contribution in [3.63, 3.8) is 0 Å². The van der Waals surface area contributed by atoms with Crippen LogP contribution in [0.4, 0.5) is 0 Å². The van der Waals surface area contributed by atoms with Gasteiger partial charge in [-0.05, 0) is 39.5 Å². The quantitative estimate of drug-likeness (QED) is 0.329. The zero-order chi connectivity index (χ0) is 19.2. The number of hydrogen-bond acceptors (Lipinski definition) is 4. The Labute approximate surface area is 161 Å². The third-order valence-corrected chi connectivity index (χ3v) is 5.60. The Morgan fingerprint density at radius 1 is 1.00 bits per heavy atom. The van der Waals surface area contributed by atoms with Gasteiger partial charge in [0.2, 0.25) is 0 Å². The molecule has 0 aromatic rings. The minimum atomic E-state index is -0.165. The second-order valence-electron chi connectivity index (χ2n) is 8.34. The smallest absolute Gasteiger partial charge is 0.302 e. The van der Waals surface area contributed by atoms with Crippen molar-refractivity contribution >= 4 is 5.97 Å². The van der Waals surface area contributed by atoms with Gasteiger partial charge in [0.1, 0.15) is 6.10 Å². The minimum Gasteiger partial charge on any atom is -0.461 e. The van der Waals surface area contributed by atoms with Gasteiger partial charge in [-0.3, -0.25) is 4.79 Å². The molecule has 4 unspecified atom stereocenters. The predicted octanol–water partition coefficient (Wildman–Crippen LogP) is 5.12. The van der Waals surface area contributed by atoms with Crippen molar-refractivity contribution in [3.05, 3.63) is 0 Å². The van der Waals surface area contributed by atoms with Crippen LogP contribution in [0, 0.1) is 0 Å². The highest BCUT2D eigenvalue weighted by Gasteiger charge is 2.28. The van der Waals surface area contributed by atoms with E-state index in [0.717, 1.165) is 19.3 Å². The van der Waals surface area contributed by atoms with Gasteiger partial charge < -0.3 is 15.2 Å². The Kier molecular flexibility index (Phi) is 13.0. The third-order valence-electron chi connectivity index (χ3n) is 5.60. The Morgan fingerprint density at radius 2 is 1.54 bits per heavy atom. The molecule has 0 saturated carbocycles. The van der Waals surface area contributed by atoms with Crippen molar-refractivity contribution in [1.82, 2.24) is 5.32 Å². The molecule has 1 rings (SSSR count). The highest BCUT2D eigenvalue weighted by Crippen LogP contribution is 2.21. The Balaban J connectivity index is 1.87. The van der Waals surface area contributed by atoms with E-state index in [-0.39, 0.29) is 24.2 Å². The van der Waals surface area contributed by atoms with Crippen LogP contribution in [0.15, 0.2) is 0 Å². The number of rotatable bonds is 14. The summed E-state index contributed by atoms with van der Waals surface area (Å²) in [5, 5.41) is 12.8. The van der Waals surface area contributed by atoms with Crippen molar-refractivity contribution in [2.24, 2.45) is 0 Å². The summed E-state index contributed by atoms with van der Waals surface area (Å²) >= 11 is 0. The van der Waals surface area contributed by atoms with Gasteiger partial charge in [0.15, 0.2) is 0 Å². The van der Waals surface area contributed by atoms with Crippen molar-refractivity contribution in [3.8, 4) is 0 Å². The summed E-state index contributed by atoms with van der Waals surface area (Å²) in [4.78, 5) is 11.1. The zero-order valence-corrected chi connectivity index (χ0v) is 17.5. The first-order valence-corrected chi connectivity index (χ1v) is 11.1. The van der Waals surface area contributed by atoms with E-state index in [1.807, 2.05) is 6.92 Å². The van der Waals surface area contributed by atoms with E-state index in [1.165, 1.54) is 77.6 Å². The van der Waals surface area contributed by atoms with Crippen LogP contribution in [0.2, 0.25) is 0 Å². The summed E-state index contributed by atoms with van der Waals surface area (Å²) in [6.45, 7) is 5.51. The van der Waals surface area contributed by atoms with Crippen molar-refractivity contribution < 1.29 is 14.6 Å². The molecule has 4 heteroatoms. The number of esters is 1. The lowest BCUT2D eigenvalue weighted by Gasteiger charge is -2.35. The molecule has 4 nitrogen and oxygen atoms in total. The molecule has 0 aliphatic carbocycles. The minimum absolute atomic E-state index is 0.0517. The molecule has 0 aromatic carbocycles. The lowest BCUT2D eigenvalue weighted by molar-refractivity contribution is -0.149. The normalized spacial score (nSPS) is 24.4. The van der Waals surface area contributed by atoms with Gasteiger partial charge in [0.25, 0.3) is 0 Å². The highest BCUT2D eigenvalue weighted by atomic mass is 16.5. The molecule has 0 radical (unpaired) electrons. The summed E-state index contributed by atoms with van der Waals surface area (Å²) in [7, 11) is 0. The van der Waals surface area contributed by atoms with E-state index < -0.39 is 0 Å². The second-order valence-corrected chi connectivity index (χ2v) is 8.34. The first-order chi connectivity index (χ1) is 12.5. The first kappa shape index (κ1) is 23.4. The number of carbonyl (C=O) groups is 1. The number of piperidine rings is 1. The SMILES string of the molecule is CC(=O)OC1CCC(CCCCCCCCCCCCC(C)O)NC1C. The zero-order valence-electron chi connectivity index (χ0n) is 17.5. The number of hydrogen-bond donors (Lipinski definition) is 2. The first-order valence-electron chi connectivity index (χ1n) is 11.1. The highest BCUT2D eigenvalue weighted by molar-refractivity contribution is 5.66. The average Bonchev–Trinajstić information content (AvgIpc) is 2.57. The standard InChI is InChI=1S/C22H43NO3/c1-18(24)14-12-10-8-6-4-5-7-9-11-13-15-21-16-17-22(19(2)23-21)26-20(3)25/h18-19,21-24H,4-17H2,1-3H3. The summed E-state index contributed by atoms with van der Waals surface area (Å²) in [5.74, 6) is -0.165. The number of unbranched alkanes of at least 4 members (excludes halogenated alkanes) is 9. The summed E-state index contributed by atoms with van der Waals surface area (Å²) in [5.41, 5.74) is 0. The maximum Gasteiger partial charge on any atom is 0.302 e. The number of nitrogens with one attached hydrogen (secondary N) is 1. The Hall–Kier alpha value is -0.610. The van der Waals surface area contributed by atoms with Crippen LogP contribution in [-0.2, 0) is 9.53 Å². The molecule has 4 atom stereocenters. The molecule has 0 spiro atoms. The molecular formula is C22H43NO3.